The Morgan fingerprint density at radius 1 is 1.00 bits per heavy atom. The highest BCUT2D eigenvalue weighted by atomic mass is 19.1. The van der Waals surface area contributed by atoms with Crippen molar-refractivity contribution in [1.29, 1.82) is 0 Å². The molecule has 1 heterocycles. The molecule has 0 spiro atoms. The van der Waals surface area contributed by atoms with Crippen LogP contribution in [0.4, 0.5) is 4.39 Å². The maximum absolute atomic E-state index is 13.1. The Kier molecular flexibility index (Phi) is 7.01. The number of piperidine rings is 1. The van der Waals surface area contributed by atoms with Gasteiger partial charge < -0.3 is 5.32 Å². The lowest BCUT2D eigenvalue weighted by Gasteiger charge is -2.33. The molecule has 1 aliphatic heterocycles. The van der Waals surface area contributed by atoms with Crippen molar-refractivity contribution in [2.24, 2.45) is 0 Å². The highest BCUT2D eigenvalue weighted by Gasteiger charge is 2.22. The first-order chi connectivity index (χ1) is 15.5. The number of hydrogen-bond donors (Lipinski definition) is 1. The highest BCUT2D eigenvalue weighted by molar-refractivity contribution is 5.95. The minimum atomic E-state index is -0.186. The average Bonchev–Trinajstić information content (AvgIpc) is 2.81. The molecule has 3 aromatic rings. The maximum Gasteiger partial charge on any atom is 0.251 e. The molecule has 0 radical (unpaired) electrons. The van der Waals surface area contributed by atoms with E-state index < -0.39 is 0 Å². The molecular formula is C28H31FN2O. The largest absolute Gasteiger partial charge is 0.348 e. The van der Waals surface area contributed by atoms with Gasteiger partial charge in [-0.1, -0.05) is 54.1 Å². The Labute approximate surface area is 190 Å². The lowest BCUT2D eigenvalue weighted by Crippen LogP contribution is -2.33. The number of carbonyl (C=O) groups is 1. The summed E-state index contributed by atoms with van der Waals surface area (Å²) >= 11 is 0. The number of carbonyl (C=O) groups excluding carboxylic acids is 1. The topological polar surface area (TPSA) is 32.3 Å². The van der Waals surface area contributed by atoms with Crippen LogP contribution in [0.3, 0.4) is 0 Å². The van der Waals surface area contributed by atoms with Gasteiger partial charge in [0.1, 0.15) is 5.82 Å². The summed E-state index contributed by atoms with van der Waals surface area (Å²) < 4.78 is 13.1. The van der Waals surface area contributed by atoms with E-state index in [4.69, 9.17) is 0 Å². The van der Waals surface area contributed by atoms with E-state index in [9.17, 15) is 9.18 Å². The summed E-state index contributed by atoms with van der Waals surface area (Å²) in [6.07, 6.45) is 2.17. The molecule has 0 saturated carbocycles. The summed E-state index contributed by atoms with van der Waals surface area (Å²) in [6.45, 7) is 7.42. The van der Waals surface area contributed by atoms with E-state index in [2.05, 4.69) is 28.4 Å². The number of hydrogen-bond acceptors (Lipinski definition) is 2. The molecule has 32 heavy (non-hydrogen) atoms. The second-order valence-electron chi connectivity index (χ2n) is 8.88. The molecule has 1 fully saturated rings. The SMILES string of the molecule is Cc1ccc(C)c(C(=O)NCc2ccccc2C2CCN(Cc3ccc(F)cc3)CC2)c1. The minimum Gasteiger partial charge on any atom is -0.348 e. The normalized spacial score (nSPS) is 15.0. The summed E-state index contributed by atoms with van der Waals surface area (Å²) in [4.78, 5) is 15.2. The number of halogens is 1. The third kappa shape index (κ3) is 5.43. The van der Waals surface area contributed by atoms with Gasteiger partial charge in [-0.3, -0.25) is 9.69 Å². The van der Waals surface area contributed by atoms with Gasteiger partial charge in [-0.15, -0.1) is 0 Å². The van der Waals surface area contributed by atoms with Crippen LogP contribution >= 0.6 is 0 Å². The Bertz CT molecular complexity index is 1070. The summed E-state index contributed by atoms with van der Waals surface area (Å²) in [7, 11) is 0. The number of likely N-dealkylation sites (tertiary alicyclic amines) is 1. The number of nitrogens with zero attached hydrogens (tertiary/aromatic N) is 1. The molecule has 1 amide bonds. The molecule has 1 aliphatic rings. The van der Waals surface area contributed by atoms with Crippen LogP contribution in [-0.4, -0.2) is 23.9 Å². The van der Waals surface area contributed by atoms with Crippen LogP contribution < -0.4 is 5.32 Å². The van der Waals surface area contributed by atoms with Crippen LogP contribution in [0.25, 0.3) is 0 Å². The Morgan fingerprint density at radius 3 is 2.47 bits per heavy atom. The van der Waals surface area contributed by atoms with Gasteiger partial charge in [-0.2, -0.15) is 0 Å². The number of aryl methyl sites for hydroxylation is 2. The molecule has 4 rings (SSSR count). The minimum absolute atomic E-state index is 0.0184. The number of benzene rings is 3. The summed E-state index contributed by atoms with van der Waals surface area (Å²) in [5.74, 6) is 0.289. The second kappa shape index (κ2) is 10.1. The van der Waals surface area contributed by atoms with Crippen LogP contribution in [0.1, 0.15) is 56.9 Å². The van der Waals surface area contributed by atoms with Crippen molar-refractivity contribution in [3.8, 4) is 0 Å². The summed E-state index contributed by atoms with van der Waals surface area (Å²) in [5.41, 5.74) is 6.53. The smallest absolute Gasteiger partial charge is 0.251 e. The zero-order valence-corrected chi connectivity index (χ0v) is 18.9. The second-order valence-corrected chi connectivity index (χ2v) is 8.88. The highest BCUT2D eigenvalue weighted by Crippen LogP contribution is 2.31. The van der Waals surface area contributed by atoms with Crippen LogP contribution in [0.5, 0.6) is 0 Å². The van der Waals surface area contributed by atoms with Gasteiger partial charge in [0.25, 0.3) is 5.91 Å². The van der Waals surface area contributed by atoms with Gasteiger partial charge in [0.2, 0.25) is 0 Å². The molecule has 0 unspecified atom stereocenters. The maximum atomic E-state index is 13.1. The number of amides is 1. The Hall–Kier alpha value is -2.98. The van der Waals surface area contributed by atoms with Crippen molar-refractivity contribution in [3.63, 3.8) is 0 Å². The van der Waals surface area contributed by atoms with Crippen molar-refractivity contribution in [2.45, 2.75) is 45.7 Å². The molecule has 0 aliphatic carbocycles. The van der Waals surface area contributed by atoms with Crippen molar-refractivity contribution < 1.29 is 9.18 Å². The molecule has 166 valence electrons. The Morgan fingerprint density at radius 2 is 1.72 bits per heavy atom. The fourth-order valence-electron chi connectivity index (χ4n) is 4.59. The predicted octanol–water partition coefficient (Wildman–Crippen LogP) is 5.75. The van der Waals surface area contributed by atoms with Gasteiger partial charge in [0.15, 0.2) is 0 Å². The summed E-state index contributed by atoms with van der Waals surface area (Å²) in [6, 6.07) is 21.3. The quantitative estimate of drug-likeness (QED) is 0.540. The third-order valence-corrected chi connectivity index (χ3v) is 6.48. The van der Waals surface area contributed by atoms with E-state index in [0.29, 0.717) is 12.5 Å². The molecule has 3 aromatic carbocycles. The van der Waals surface area contributed by atoms with Crippen molar-refractivity contribution in [3.05, 3.63) is 106 Å². The van der Waals surface area contributed by atoms with Gasteiger partial charge >= 0.3 is 0 Å². The lowest BCUT2D eigenvalue weighted by molar-refractivity contribution is 0.0950. The first-order valence-electron chi connectivity index (χ1n) is 11.4. The first-order valence-corrected chi connectivity index (χ1v) is 11.4. The lowest BCUT2D eigenvalue weighted by atomic mass is 9.86. The molecule has 0 atom stereocenters. The van der Waals surface area contributed by atoms with E-state index in [1.807, 2.05) is 50.2 Å². The zero-order chi connectivity index (χ0) is 22.5. The first kappa shape index (κ1) is 22.2. The van der Waals surface area contributed by atoms with E-state index in [0.717, 1.165) is 54.7 Å². The monoisotopic (exact) mass is 430 g/mol. The molecule has 0 bridgehead atoms. The number of rotatable bonds is 6. The van der Waals surface area contributed by atoms with Crippen LogP contribution in [0.2, 0.25) is 0 Å². The molecule has 4 heteroatoms. The predicted molar refractivity (Wildman–Crippen MR) is 127 cm³/mol. The molecule has 1 N–H and O–H groups in total. The average molecular weight is 431 g/mol. The van der Waals surface area contributed by atoms with Gasteiger partial charge in [0, 0.05) is 18.7 Å². The molecular weight excluding hydrogens is 399 g/mol. The van der Waals surface area contributed by atoms with Crippen molar-refractivity contribution >= 4 is 5.91 Å². The fraction of sp³-hybridized carbons (Fsp3) is 0.321. The van der Waals surface area contributed by atoms with Gasteiger partial charge in [0.05, 0.1) is 0 Å². The fourth-order valence-corrected chi connectivity index (χ4v) is 4.59. The standard InChI is InChI=1S/C28H31FN2O/c1-20-7-8-21(2)27(17-20)28(32)30-18-24-5-3-4-6-26(24)23-13-15-31(16-14-23)19-22-9-11-25(29)12-10-22/h3-12,17,23H,13-16,18-19H2,1-2H3,(H,30,32). The van der Waals surface area contributed by atoms with E-state index in [1.54, 1.807) is 0 Å². The molecule has 1 saturated heterocycles. The van der Waals surface area contributed by atoms with E-state index in [-0.39, 0.29) is 11.7 Å². The van der Waals surface area contributed by atoms with Crippen LogP contribution in [-0.2, 0) is 13.1 Å². The van der Waals surface area contributed by atoms with Crippen LogP contribution in [0.15, 0.2) is 66.7 Å². The van der Waals surface area contributed by atoms with Crippen molar-refractivity contribution in [2.75, 3.05) is 13.1 Å². The van der Waals surface area contributed by atoms with Crippen LogP contribution in [0, 0.1) is 19.7 Å². The third-order valence-electron chi connectivity index (χ3n) is 6.48. The Balaban J connectivity index is 1.37. The van der Waals surface area contributed by atoms with E-state index in [1.165, 1.54) is 23.3 Å². The van der Waals surface area contributed by atoms with Gasteiger partial charge in [-0.05, 0) is 86.1 Å². The molecule has 0 aromatic heterocycles. The summed E-state index contributed by atoms with van der Waals surface area (Å²) in [5, 5.41) is 3.13. The zero-order valence-electron chi connectivity index (χ0n) is 18.9. The van der Waals surface area contributed by atoms with Gasteiger partial charge in [-0.25, -0.2) is 4.39 Å². The van der Waals surface area contributed by atoms with Crippen molar-refractivity contribution in [1.82, 2.24) is 10.2 Å². The molecule has 3 nitrogen and oxygen atoms in total. The number of nitrogens with one attached hydrogen (secondary N) is 1. The van der Waals surface area contributed by atoms with E-state index >= 15 is 0 Å².